The van der Waals surface area contributed by atoms with Crippen LogP contribution in [0.15, 0.2) is 18.2 Å². The first-order valence-corrected chi connectivity index (χ1v) is 7.21. The Labute approximate surface area is 122 Å². The van der Waals surface area contributed by atoms with Crippen molar-refractivity contribution in [1.82, 2.24) is 0 Å². The molecular formula is C15H18N2O4. The highest BCUT2D eigenvalue weighted by Crippen LogP contribution is 2.49. The maximum atomic E-state index is 11.5. The van der Waals surface area contributed by atoms with Crippen LogP contribution in [0.3, 0.4) is 0 Å². The largest absolute Gasteiger partial charge is 0.481 e. The zero-order valence-corrected chi connectivity index (χ0v) is 11.8. The number of benzene rings is 1. The molecule has 2 aliphatic carbocycles. The number of hydrogen-bond donors (Lipinski definition) is 2. The first-order chi connectivity index (χ1) is 9.97. The molecule has 1 aromatic rings. The monoisotopic (exact) mass is 290 g/mol. The number of carboxylic acids is 1. The Kier molecular flexibility index (Phi) is 3.31. The van der Waals surface area contributed by atoms with Gasteiger partial charge in [0.2, 0.25) is 0 Å². The van der Waals surface area contributed by atoms with Crippen LogP contribution >= 0.6 is 0 Å². The molecule has 4 atom stereocenters. The van der Waals surface area contributed by atoms with Crippen LogP contribution in [0.4, 0.5) is 11.4 Å². The molecule has 6 heteroatoms. The van der Waals surface area contributed by atoms with Gasteiger partial charge in [0.15, 0.2) is 0 Å². The molecule has 2 fully saturated rings. The van der Waals surface area contributed by atoms with Gasteiger partial charge in [-0.1, -0.05) is 0 Å². The minimum absolute atomic E-state index is 0.0563. The third-order valence-electron chi connectivity index (χ3n) is 4.94. The van der Waals surface area contributed by atoms with Crippen LogP contribution in [0.2, 0.25) is 0 Å². The minimum atomic E-state index is -0.737. The van der Waals surface area contributed by atoms with E-state index in [4.69, 9.17) is 0 Å². The number of rotatable bonds is 4. The van der Waals surface area contributed by atoms with Crippen LogP contribution in [0.1, 0.15) is 24.8 Å². The van der Waals surface area contributed by atoms with E-state index < -0.39 is 10.9 Å². The second-order valence-electron chi connectivity index (χ2n) is 6.12. The molecule has 0 spiro atoms. The summed E-state index contributed by atoms with van der Waals surface area (Å²) in [6.07, 6.45) is 3.04. The van der Waals surface area contributed by atoms with E-state index in [1.807, 2.05) is 0 Å². The highest BCUT2D eigenvalue weighted by atomic mass is 16.6. The Morgan fingerprint density at radius 3 is 2.71 bits per heavy atom. The zero-order valence-electron chi connectivity index (χ0n) is 11.8. The highest BCUT2D eigenvalue weighted by molar-refractivity contribution is 5.73. The number of anilines is 1. The number of hydrogen-bond acceptors (Lipinski definition) is 4. The maximum Gasteiger partial charge on any atom is 0.308 e. The van der Waals surface area contributed by atoms with Crippen LogP contribution in [0, 0.1) is 34.8 Å². The molecule has 0 radical (unpaired) electrons. The van der Waals surface area contributed by atoms with Gasteiger partial charge in [0.1, 0.15) is 0 Å². The molecule has 21 heavy (non-hydrogen) atoms. The lowest BCUT2D eigenvalue weighted by Crippen LogP contribution is -2.39. The third-order valence-corrected chi connectivity index (χ3v) is 4.94. The van der Waals surface area contributed by atoms with Crippen LogP contribution in [-0.4, -0.2) is 22.0 Å². The fourth-order valence-electron chi connectivity index (χ4n) is 3.96. The third kappa shape index (κ3) is 2.34. The Balaban J connectivity index is 1.83. The molecule has 2 saturated carbocycles. The van der Waals surface area contributed by atoms with Crippen molar-refractivity contribution in [2.75, 3.05) is 5.32 Å². The summed E-state index contributed by atoms with van der Waals surface area (Å²) >= 11 is 0. The van der Waals surface area contributed by atoms with E-state index in [1.165, 1.54) is 12.1 Å². The van der Waals surface area contributed by atoms with E-state index >= 15 is 0 Å². The summed E-state index contributed by atoms with van der Waals surface area (Å²) < 4.78 is 0. The summed E-state index contributed by atoms with van der Waals surface area (Å²) in [5, 5.41) is 23.5. The summed E-state index contributed by atoms with van der Waals surface area (Å²) in [5.41, 5.74) is 1.63. The molecule has 0 aromatic heterocycles. The van der Waals surface area contributed by atoms with E-state index in [1.54, 1.807) is 13.0 Å². The fraction of sp³-hybridized carbons (Fsp3) is 0.533. The second-order valence-corrected chi connectivity index (χ2v) is 6.12. The van der Waals surface area contributed by atoms with Gasteiger partial charge in [0.05, 0.1) is 10.8 Å². The van der Waals surface area contributed by atoms with Gasteiger partial charge in [-0.15, -0.1) is 0 Å². The standard InChI is InChI=1S/C15H18N2O4/c1-8-6-11(17(20)21)4-5-12(8)16-14-10-3-2-9(7-10)13(14)15(18)19/h4-6,9-10,13-14,16H,2-3,7H2,1H3,(H,18,19). The number of aliphatic carboxylic acids is 1. The molecule has 112 valence electrons. The second kappa shape index (κ2) is 5.02. The number of nitro benzene ring substituents is 1. The van der Waals surface area contributed by atoms with Crippen molar-refractivity contribution >= 4 is 17.3 Å². The number of nitrogens with zero attached hydrogens (tertiary/aromatic N) is 1. The molecule has 0 amide bonds. The Morgan fingerprint density at radius 1 is 1.38 bits per heavy atom. The van der Waals surface area contributed by atoms with Crippen LogP contribution in [-0.2, 0) is 4.79 Å². The van der Waals surface area contributed by atoms with Gasteiger partial charge in [0.25, 0.3) is 5.69 Å². The summed E-state index contributed by atoms with van der Waals surface area (Å²) in [4.78, 5) is 21.8. The van der Waals surface area contributed by atoms with E-state index in [-0.39, 0.29) is 23.6 Å². The molecular weight excluding hydrogens is 272 g/mol. The number of aryl methyl sites for hydroxylation is 1. The smallest absolute Gasteiger partial charge is 0.308 e. The summed E-state index contributed by atoms with van der Waals surface area (Å²) in [6, 6.07) is 4.59. The van der Waals surface area contributed by atoms with E-state index in [2.05, 4.69) is 5.32 Å². The maximum absolute atomic E-state index is 11.5. The lowest BCUT2D eigenvalue weighted by Gasteiger charge is -2.30. The van der Waals surface area contributed by atoms with Gasteiger partial charge in [-0.25, -0.2) is 0 Å². The summed E-state index contributed by atoms with van der Waals surface area (Å²) in [7, 11) is 0. The number of nitrogens with one attached hydrogen (secondary N) is 1. The Hall–Kier alpha value is -2.11. The fourth-order valence-corrected chi connectivity index (χ4v) is 3.96. The number of carbonyl (C=O) groups is 1. The lowest BCUT2D eigenvalue weighted by atomic mass is 9.84. The first kappa shape index (κ1) is 13.9. The summed E-state index contributed by atoms with van der Waals surface area (Å²) in [5.74, 6) is -0.424. The topological polar surface area (TPSA) is 92.5 Å². The number of carboxylic acid groups (broad SMARTS) is 1. The Bertz CT molecular complexity index is 601. The van der Waals surface area contributed by atoms with Crippen LogP contribution < -0.4 is 5.32 Å². The lowest BCUT2D eigenvalue weighted by molar-refractivity contribution is -0.384. The SMILES string of the molecule is Cc1cc([N+](=O)[O-])ccc1NC1C2CCC(C2)C1C(=O)O. The van der Waals surface area contributed by atoms with Gasteiger partial charge in [-0.05, 0) is 49.7 Å². The van der Waals surface area contributed by atoms with Crippen molar-refractivity contribution in [1.29, 1.82) is 0 Å². The molecule has 2 N–H and O–H groups in total. The van der Waals surface area contributed by atoms with Crippen molar-refractivity contribution < 1.29 is 14.8 Å². The van der Waals surface area contributed by atoms with Gasteiger partial charge in [-0.2, -0.15) is 0 Å². The van der Waals surface area contributed by atoms with Crippen LogP contribution in [0.5, 0.6) is 0 Å². The zero-order chi connectivity index (χ0) is 15.1. The van der Waals surface area contributed by atoms with E-state index in [0.717, 1.165) is 30.5 Å². The average molecular weight is 290 g/mol. The van der Waals surface area contributed by atoms with Crippen molar-refractivity contribution in [2.24, 2.45) is 17.8 Å². The van der Waals surface area contributed by atoms with E-state index in [0.29, 0.717) is 5.92 Å². The Morgan fingerprint density at radius 2 is 2.10 bits per heavy atom. The molecule has 6 nitrogen and oxygen atoms in total. The molecule has 2 aliphatic rings. The van der Waals surface area contributed by atoms with E-state index in [9.17, 15) is 20.0 Å². The van der Waals surface area contributed by atoms with Crippen molar-refractivity contribution in [2.45, 2.75) is 32.2 Å². The van der Waals surface area contributed by atoms with Crippen LogP contribution in [0.25, 0.3) is 0 Å². The average Bonchev–Trinajstić information content (AvgIpc) is 3.01. The predicted molar refractivity (Wildman–Crippen MR) is 77.2 cm³/mol. The van der Waals surface area contributed by atoms with Gasteiger partial charge >= 0.3 is 5.97 Å². The molecule has 3 rings (SSSR count). The van der Waals surface area contributed by atoms with Gasteiger partial charge in [0, 0.05) is 23.9 Å². The molecule has 1 aromatic carbocycles. The molecule has 0 heterocycles. The molecule has 0 saturated heterocycles. The molecule has 0 aliphatic heterocycles. The summed E-state index contributed by atoms with van der Waals surface area (Å²) in [6.45, 7) is 1.80. The van der Waals surface area contributed by atoms with Gasteiger partial charge < -0.3 is 10.4 Å². The predicted octanol–water partition coefficient (Wildman–Crippen LogP) is 2.81. The number of nitro groups is 1. The first-order valence-electron chi connectivity index (χ1n) is 7.21. The molecule has 4 unspecified atom stereocenters. The van der Waals surface area contributed by atoms with Crippen molar-refractivity contribution in [3.63, 3.8) is 0 Å². The van der Waals surface area contributed by atoms with Crippen molar-refractivity contribution in [3.05, 3.63) is 33.9 Å². The quantitative estimate of drug-likeness (QED) is 0.657. The molecule has 2 bridgehead atoms. The minimum Gasteiger partial charge on any atom is -0.481 e. The van der Waals surface area contributed by atoms with Gasteiger partial charge in [-0.3, -0.25) is 14.9 Å². The number of non-ortho nitro benzene ring substituents is 1. The van der Waals surface area contributed by atoms with Crippen molar-refractivity contribution in [3.8, 4) is 0 Å². The normalized spacial score (nSPS) is 30.3. The highest BCUT2D eigenvalue weighted by Gasteiger charge is 2.51. The number of fused-ring (bicyclic) bond motifs is 2.